The molecule has 1 aromatic heterocycles. The summed E-state index contributed by atoms with van der Waals surface area (Å²) >= 11 is 0. The van der Waals surface area contributed by atoms with Crippen LogP contribution in [0.5, 0.6) is 0 Å². The number of rotatable bonds is 5. The first-order chi connectivity index (χ1) is 9.76. The van der Waals surface area contributed by atoms with Gasteiger partial charge in [0.15, 0.2) is 0 Å². The van der Waals surface area contributed by atoms with E-state index in [4.69, 9.17) is 10.6 Å². The van der Waals surface area contributed by atoms with Crippen molar-refractivity contribution in [1.29, 1.82) is 0 Å². The number of aromatic nitrogens is 1. The molecule has 1 heterocycles. The van der Waals surface area contributed by atoms with Crippen molar-refractivity contribution >= 4 is 10.9 Å². The van der Waals surface area contributed by atoms with Crippen LogP contribution in [0.3, 0.4) is 0 Å². The van der Waals surface area contributed by atoms with Crippen LogP contribution >= 0.6 is 0 Å². The summed E-state index contributed by atoms with van der Waals surface area (Å²) in [5.41, 5.74) is 5.04. The molecule has 0 saturated heterocycles. The number of fused-ring (bicyclic) bond motifs is 1. The Labute approximate surface area is 119 Å². The Kier molecular flexibility index (Phi) is 3.70. The summed E-state index contributed by atoms with van der Waals surface area (Å²) in [6.45, 7) is 0. The molecule has 1 aliphatic rings. The topological polar surface area (TPSA) is 60.2 Å². The van der Waals surface area contributed by atoms with Crippen LogP contribution in [0.25, 0.3) is 10.9 Å². The second-order valence-corrected chi connectivity index (χ2v) is 5.63. The van der Waals surface area contributed by atoms with Gasteiger partial charge in [-0.1, -0.05) is 18.2 Å². The number of hydrogen-bond acceptors (Lipinski definition) is 4. The average molecular weight is 271 g/mol. The van der Waals surface area contributed by atoms with Crippen LogP contribution in [0.1, 0.15) is 37.3 Å². The van der Waals surface area contributed by atoms with Crippen molar-refractivity contribution in [3.8, 4) is 0 Å². The van der Waals surface area contributed by atoms with Crippen molar-refractivity contribution in [3.63, 3.8) is 0 Å². The van der Waals surface area contributed by atoms with E-state index in [-0.39, 0.29) is 11.6 Å². The molecule has 20 heavy (non-hydrogen) atoms. The highest BCUT2D eigenvalue weighted by Crippen LogP contribution is 2.41. The zero-order valence-electron chi connectivity index (χ0n) is 11.8. The molecule has 1 fully saturated rings. The minimum Gasteiger partial charge on any atom is -0.378 e. The number of benzene rings is 1. The molecule has 0 spiro atoms. The van der Waals surface area contributed by atoms with Gasteiger partial charge in [0.2, 0.25) is 0 Å². The van der Waals surface area contributed by atoms with E-state index < -0.39 is 0 Å². The normalized spacial score (nSPS) is 18.7. The second-order valence-electron chi connectivity index (χ2n) is 5.63. The summed E-state index contributed by atoms with van der Waals surface area (Å²) < 4.78 is 5.70. The fraction of sp³-hybridized carbons (Fsp3) is 0.438. The number of hydrogen-bond donors (Lipinski definition) is 2. The maximum absolute atomic E-state index is 5.76. The molecular weight excluding hydrogens is 250 g/mol. The summed E-state index contributed by atoms with van der Waals surface area (Å²) in [4.78, 5) is 4.51. The van der Waals surface area contributed by atoms with E-state index in [9.17, 15) is 0 Å². The van der Waals surface area contributed by atoms with E-state index in [0.29, 0.717) is 0 Å². The molecule has 2 aromatic rings. The number of nitrogens with two attached hydrogens (primary N) is 1. The summed E-state index contributed by atoms with van der Waals surface area (Å²) in [6, 6.07) is 10.4. The lowest BCUT2D eigenvalue weighted by Crippen LogP contribution is -2.44. The van der Waals surface area contributed by atoms with Crippen LogP contribution < -0.4 is 11.3 Å². The predicted octanol–water partition coefficient (Wildman–Crippen LogP) is 2.70. The number of pyridine rings is 1. The van der Waals surface area contributed by atoms with Gasteiger partial charge >= 0.3 is 0 Å². The van der Waals surface area contributed by atoms with Crippen molar-refractivity contribution in [2.24, 2.45) is 5.84 Å². The molecule has 1 atom stereocenters. The molecule has 1 aromatic carbocycles. The molecule has 4 heteroatoms. The van der Waals surface area contributed by atoms with Gasteiger partial charge < -0.3 is 4.74 Å². The Morgan fingerprint density at radius 2 is 2.20 bits per heavy atom. The van der Waals surface area contributed by atoms with E-state index in [0.717, 1.165) is 35.7 Å². The zero-order valence-corrected chi connectivity index (χ0v) is 11.8. The average Bonchev–Trinajstić information content (AvgIpc) is 2.46. The first-order valence-corrected chi connectivity index (χ1v) is 7.12. The number of para-hydroxylation sites is 1. The minimum atomic E-state index is -0.0112. The van der Waals surface area contributed by atoms with Crippen LogP contribution in [0, 0.1) is 0 Å². The largest absolute Gasteiger partial charge is 0.378 e. The van der Waals surface area contributed by atoms with Gasteiger partial charge in [-0.15, -0.1) is 0 Å². The maximum Gasteiger partial charge on any atom is 0.0702 e. The standard InChI is InChI=1S/C16H21N3O/c1-20-16(7-4-8-16)10-15(19-17)13-9-12-5-2-3-6-14(12)18-11-13/h2-3,5-6,9,11,15,19H,4,7-8,10,17H2,1H3. The fourth-order valence-corrected chi connectivity index (χ4v) is 2.99. The van der Waals surface area contributed by atoms with Crippen molar-refractivity contribution in [2.75, 3.05) is 7.11 Å². The molecule has 3 N–H and O–H groups in total. The van der Waals surface area contributed by atoms with Crippen LogP contribution in [-0.4, -0.2) is 17.7 Å². The van der Waals surface area contributed by atoms with Crippen LogP contribution in [0.15, 0.2) is 36.5 Å². The van der Waals surface area contributed by atoms with Crippen LogP contribution in [0.4, 0.5) is 0 Å². The molecule has 3 rings (SSSR count). The van der Waals surface area contributed by atoms with Gasteiger partial charge in [-0.05, 0) is 43.4 Å². The van der Waals surface area contributed by atoms with Crippen LogP contribution in [-0.2, 0) is 4.74 Å². The highest BCUT2D eigenvalue weighted by atomic mass is 16.5. The minimum absolute atomic E-state index is 0.0112. The summed E-state index contributed by atoms with van der Waals surface area (Å²) in [7, 11) is 1.80. The zero-order chi connectivity index (χ0) is 14.0. The monoisotopic (exact) mass is 271 g/mol. The smallest absolute Gasteiger partial charge is 0.0702 e. The predicted molar refractivity (Wildman–Crippen MR) is 80.0 cm³/mol. The first-order valence-electron chi connectivity index (χ1n) is 7.12. The Bertz CT molecular complexity index is 590. The highest BCUT2D eigenvalue weighted by molar-refractivity contribution is 5.78. The molecular formula is C16H21N3O. The van der Waals surface area contributed by atoms with Crippen molar-refractivity contribution < 1.29 is 4.74 Å². The second kappa shape index (κ2) is 5.48. The van der Waals surface area contributed by atoms with Gasteiger partial charge in [-0.3, -0.25) is 16.3 Å². The van der Waals surface area contributed by atoms with Gasteiger partial charge in [0.25, 0.3) is 0 Å². The third-order valence-electron chi connectivity index (χ3n) is 4.49. The molecule has 106 valence electrons. The summed E-state index contributed by atoms with van der Waals surface area (Å²) in [6.07, 6.45) is 6.27. The van der Waals surface area contributed by atoms with E-state index in [1.165, 1.54) is 6.42 Å². The number of nitrogens with one attached hydrogen (secondary N) is 1. The Morgan fingerprint density at radius 1 is 1.40 bits per heavy atom. The lowest BCUT2D eigenvalue weighted by Gasteiger charge is -2.42. The highest BCUT2D eigenvalue weighted by Gasteiger charge is 2.39. The molecule has 1 aliphatic carbocycles. The van der Waals surface area contributed by atoms with Gasteiger partial charge in [-0.2, -0.15) is 0 Å². The van der Waals surface area contributed by atoms with Crippen molar-refractivity contribution in [3.05, 3.63) is 42.1 Å². The molecule has 0 radical (unpaired) electrons. The maximum atomic E-state index is 5.76. The molecule has 0 aliphatic heterocycles. The molecule has 4 nitrogen and oxygen atoms in total. The molecule has 0 bridgehead atoms. The Hall–Kier alpha value is -1.49. The number of methoxy groups -OCH3 is 1. The van der Waals surface area contributed by atoms with Gasteiger partial charge in [0.1, 0.15) is 0 Å². The van der Waals surface area contributed by atoms with E-state index in [1.807, 2.05) is 24.4 Å². The Balaban J connectivity index is 1.87. The lowest BCUT2D eigenvalue weighted by atomic mass is 9.75. The molecule has 0 amide bonds. The van der Waals surface area contributed by atoms with Crippen LogP contribution in [0.2, 0.25) is 0 Å². The lowest BCUT2D eigenvalue weighted by molar-refractivity contribution is -0.0838. The quantitative estimate of drug-likeness (QED) is 0.648. The first kappa shape index (κ1) is 13.5. The van der Waals surface area contributed by atoms with Gasteiger partial charge in [-0.25, -0.2) is 0 Å². The molecule has 1 unspecified atom stereocenters. The third-order valence-corrected chi connectivity index (χ3v) is 4.49. The van der Waals surface area contributed by atoms with E-state index >= 15 is 0 Å². The third kappa shape index (κ3) is 2.42. The number of ether oxygens (including phenoxy) is 1. The SMILES string of the molecule is COC1(CC(NN)c2cnc3ccccc3c2)CCC1. The number of hydrazine groups is 1. The van der Waals surface area contributed by atoms with Gasteiger partial charge in [0.05, 0.1) is 17.2 Å². The van der Waals surface area contributed by atoms with Crippen molar-refractivity contribution in [1.82, 2.24) is 10.4 Å². The summed E-state index contributed by atoms with van der Waals surface area (Å²) in [5, 5.41) is 1.14. The number of nitrogens with zero attached hydrogens (tertiary/aromatic N) is 1. The van der Waals surface area contributed by atoms with Crippen molar-refractivity contribution in [2.45, 2.75) is 37.3 Å². The van der Waals surface area contributed by atoms with E-state index in [1.54, 1.807) is 7.11 Å². The fourth-order valence-electron chi connectivity index (χ4n) is 2.99. The molecule has 1 saturated carbocycles. The summed E-state index contributed by atoms with van der Waals surface area (Å²) in [5.74, 6) is 5.76. The van der Waals surface area contributed by atoms with E-state index in [2.05, 4.69) is 22.5 Å². The Morgan fingerprint density at radius 3 is 2.85 bits per heavy atom. The van der Waals surface area contributed by atoms with Gasteiger partial charge in [0, 0.05) is 18.7 Å².